The number of aliphatic hydroxyl groups excluding tert-OH is 3. The summed E-state index contributed by atoms with van der Waals surface area (Å²) in [6, 6.07) is 13.3. The van der Waals surface area contributed by atoms with E-state index in [0.29, 0.717) is 0 Å². The molecular weight excluding hydrogens is 544 g/mol. The van der Waals surface area contributed by atoms with Gasteiger partial charge in [0.2, 0.25) is 17.5 Å². The van der Waals surface area contributed by atoms with E-state index in [2.05, 4.69) is 0 Å². The summed E-state index contributed by atoms with van der Waals surface area (Å²) in [5.74, 6) is -3.92. The zero-order valence-electron chi connectivity index (χ0n) is 20.9. The van der Waals surface area contributed by atoms with Crippen molar-refractivity contribution in [1.29, 1.82) is 0 Å². The molecule has 0 radical (unpaired) electrons. The minimum atomic E-state index is -1.92. The lowest BCUT2D eigenvalue weighted by Gasteiger charge is -2.39. The van der Waals surface area contributed by atoms with E-state index in [-0.39, 0.29) is 22.5 Å². The van der Waals surface area contributed by atoms with Crippen LogP contribution in [0.1, 0.15) is 10.4 Å². The van der Waals surface area contributed by atoms with Crippen LogP contribution in [0.4, 0.5) is 0 Å². The van der Waals surface area contributed by atoms with Crippen LogP contribution in [0.15, 0.2) is 69.9 Å². The fourth-order valence-electron chi connectivity index (χ4n) is 4.31. The number of ether oxygens (including phenoxy) is 3. The second-order valence-corrected chi connectivity index (χ2v) is 9.23. The number of fused-ring (bicyclic) bond motifs is 1. The lowest BCUT2D eigenvalue weighted by molar-refractivity contribution is -0.277. The number of rotatable bonds is 6. The van der Waals surface area contributed by atoms with Crippen LogP contribution < -0.4 is 10.2 Å². The van der Waals surface area contributed by atoms with Crippen molar-refractivity contribution in [2.75, 3.05) is 6.61 Å². The maximum absolute atomic E-state index is 13.5. The van der Waals surface area contributed by atoms with Crippen molar-refractivity contribution in [1.82, 2.24) is 0 Å². The van der Waals surface area contributed by atoms with E-state index >= 15 is 0 Å². The van der Waals surface area contributed by atoms with Crippen molar-refractivity contribution in [2.24, 2.45) is 0 Å². The fraction of sp³-hybridized carbons (Fsp3) is 0.214. The molecule has 214 valence electrons. The van der Waals surface area contributed by atoms with Gasteiger partial charge in [-0.2, -0.15) is 0 Å². The van der Waals surface area contributed by atoms with Crippen LogP contribution in [0.2, 0.25) is 0 Å². The number of aliphatic hydroxyl groups is 3. The summed E-state index contributed by atoms with van der Waals surface area (Å²) in [7, 11) is 0. The van der Waals surface area contributed by atoms with Gasteiger partial charge < -0.3 is 54.4 Å². The van der Waals surface area contributed by atoms with E-state index in [1.807, 2.05) is 0 Å². The number of carbonyl (C=O) groups is 1. The van der Waals surface area contributed by atoms with Crippen molar-refractivity contribution >= 4 is 16.9 Å². The monoisotopic (exact) mass is 568 g/mol. The number of hydrogen-bond acceptors (Lipinski definition) is 13. The summed E-state index contributed by atoms with van der Waals surface area (Å²) >= 11 is 0. The van der Waals surface area contributed by atoms with Gasteiger partial charge in [0, 0.05) is 17.7 Å². The van der Waals surface area contributed by atoms with Gasteiger partial charge in [0.15, 0.2) is 17.3 Å². The molecule has 1 saturated heterocycles. The van der Waals surface area contributed by atoms with Crippen molar-refractivity contribution in [3.63, 3.8) is 0 Å². The third-order valence-electron chi connectivity index (χ3n) is 6.45. The summed E-state index contributed by atoms with van der Waals surface area (Å²) in [5, 5.41) is 71.1. The highest BCUT2D eigenvalue weighted by molar-refractivity contribution is 5.89. The van der Waals surface area contributed by atoms with E-state index < -0.39 is 82.8 Å². The molecule has 5 rings (SSSR count). The number of esters is 1. The Hall–Kier alpha value is -4.82. The largest absolute Gasteiger partial charge is 0.508 e. The molecule has 0 spiro atoms. The molecule has 13 nitrogen and oxygen atoms in total. The van der Waals surface area contributed by atoms with Gasteiger partial charge in [0.05, 0.1) is 5.56 Å². The molecule has 1 aliphatic rings. The van der Waals surface area contributed by atoms with Crippen LogP contribution in [0.3, 0.4) is 0 Å². The molecule has 2 heterocycles. The Morgan fingerprint density at radius 1 is 0.829 bits per heavy atom. The van der Waals surface area contributed by atoms with Crippen molar-refractivity contribution < 1.29 is 59.2 Å². The van der Waals surface area contributed by atoms with E-state index in [0.717, 1.165) is 24.3 Å². The molecular formula is C28H24O13. The van der Waals surface area contributed by atoms with Gasteiger partial charge in [0.1, 0.15) is 53.5 Å². The Kier molecular flexibility index (Phi) is 7.43. The molecule has 1 aromatic heterocycles. The van der Waals surface area contributed by atoms with E-state index in [9.17, 15) is 45.3 Å². The molecule has 1 fully saturated rings. The fourth-order valence-corrected chi connectivity index (χ4v) is 4.31. The van der Waals surface area contributed by atoms with E-state index in [1.54, 1.807) is 18.2 Å². The van der Waals surface area contributed by atoms with Gasteiger partial charge in [-0.1, -0.05) is 18.2 Å². The number of carbonyl (C=O) groups excluding carboxylic acids is 1. The molecule has 0 bridgehead atoms. The average Bonchev–Trinajstić information content (AvgIpc) is 2.95. The van der Waals surface area contributed by atoms with Crippen LogP contribution in [-0.2, 0) is 9.47 Å². The van der Waals surface area contributed by atoms with E-state index in [4.69, 9.17) is 18.6 Å². The standard InChI is InChI=1S/C28H24O13/c29-14-9-17(32)20-18(10-14)39-25(13-6-7-15(30)16(31)8-13)26(22(20)34)41-28-24(36)23(35)21(33)19(40-28)11-38-27(37)12-4-2-1-3-5-12/h1-10,19,21,23-24,28-33,35-36H,11H2/t19-,21-,23+,24-,28+/m1/s1. The molecule has 41 heavy (non-hydrogen) atoms. The predicted molar refractivity (Wildman–Crippen MR) is 139 cm³/mol. The Morgan fingerprint density at radius 3 is 2.27 bits per heavy atom. The van der Waals surface area contributed by atoms with Crippen molar-refractivity contribution in [3.8, 4) is 40.1 Å². The number of phenols is 4. The molecule has 3 aromatic carbocycles. The second-order valence-electron chi connectivity index (χ2n) is 9.23. The van der Waals surface area contributed by atoms with Crippen LogP contribution in [-0.4, -0.2) is 79.0 Å². The Bertz CT molecular complexity index is 1650. The van der Waals surface area contributed by atoms with Crippen molar-refractivity contribution in [2.45, 2.75) is 30.7 Å². The average molecular weight is 568 g/mol. The smallest absolute Gasteiger partial charge is 0.338 e. The predicted octanol–water partition coefficient (Wildman–Crippen LogP) is 1.33. The molecule has 7 N–H and O–H groups in total. The summed E-state index contributed by atoms with van der Waals surface area (Å²) < 4.78 is 22.2. The van der Waals surface area contributed by atoms with Gasteiger partial charge in [-0.3, -0.25) is 4.79 Å². The molecule has 0 amide bonds. The highest BCUT2D eigenvalue weighted by Crippen LogP contribution is 2.39. The number of aromatic hydroxyl groups is 4. The Labute approximate surface area is 230 Å². The quantitative estimate of drug-likeness (QED) is 0.129. The molecule has 0 saturated carbocycles. The normalized spacial score (nSPS) is 22.4. The van der Waals surface area contributed by atoms with Crippen LogP contribution in [0.25, 0.3) is 22.3 Å². The summed E-state index contributed by atoms with van der Waals surface area (Å²) in [5.41, 5.74) is -1.05. The SMILES string of the molecule is O=C(OC[C@H]1O[C@@H](Oc2c(-c3ccc(O)c(O)c3)oc3cc(O)cc(O)c3c2=O)[C@H](O)[C@@H](O)[C@@H]1O)c1ccccc1. The maximum atomic E-state index is 13.5. The van der Waals surface area contributed by atoms with Crippen molar-refractivity contribution in [3.05, 3.63) is 76.5 Å². The van der Waals surface area contributed by atoms with Gasteiger partial charge >= 0.3 is 5.97 Å². The highest BCUT2D eigenvalue weighted by atomic mass is 16.7. The highest BCUT2D eigenvalue weighted by Gasteiger charge is 2.46. The molecule has 0 unspecified atom stereocenters. The van der Waals surface area contributed by atoms with E-state index in [1.165, 1.54) is 18.2 Å². The third kappa shape index (κ3) is 5.34. The molecule has 5 atom stereocenters. The first kappa shape index (κ1) is 27.7. The third-order valence-corrected chi connectivity index (χ3v) is 6.45. The lowest BCUT2D eigenvalue weighted by Crippen LogP contribution is -2.60. The maximum Gasteiger partial charge on any atom is 0.338 e. The molecule has 4 aromatic rings. The van der Waals surface area contributed by atoms with Crippen LogP contribution in [0.5, 0.6) is 28.7 Å². The molecule has 13 heteroatoms. The Balaban J connectivity index is 1.51. The van der Waals surface area contributed by atoms with Gasteiger partial charge in [-0.05, 0) is 30.3 Å². The number of hydrogen-bond donors (Lipinski definition) is 7. The topological polar surface area (TPSA) is 217 Å². The first-order valence-corrected chi connectivity index (χ1v) is 12.2. The summed E-state index contributed by atoms with van der Waals surface area (Å²) in [4.78, 5) is 25.9. The minimum absolute atomic E-state index is 0.00337. The first-order valence-electron chi connectivity index (χ1n) is 12.2. The Morgan fingerprint density at radius 2 is 1.56 bits per heavy atom. The zero-order chi connectivity index (χ0) is 29.4. The molecule has 0 aliphatic carbocycles. The first-order chi connectivity index (χ1) is 19.5. The molecule has 1 aliphatic heterocycles. The second kappa shape index (κ2) is 11.0. The van der Waals surface area contributed by atoms with Crippen LogP contribution in [0, 0.1) is 0 Å². The number of benzene rings is 3. The van der Waals surface area contributed by atoms with Gasteiger partial charge in [-0.25, -0.2) is 4.79 Å². The summed E-state index contributed by atoms with van der Waals surface area (Å²) in [6.07, 6.45) is -8.76. The lowest BCUT2D eigenvalue weighted by atomic mass is 9.99. The minimum Gasteiger partial charge on any atom is -0.508 e. The number of phenolic OH excluding ortho intramolecular Hbond substituents is 4. The van der Waals surface area contributed by atoms with Gasteiger partial charge in [-0.15, -0.1) is 0 Å². The summed E-state index contributed by atoms with van der Waals surface area (Å²) in [6.45, 7) is -0.566. The van der Waals surface area contributed by atoms with Crippen LogP contribution >= 0.6 is 0 Å². The van der Waals surface area contributed by atoms with Gasteiger partial charge in [0.25, 0.3) is 0 Å². The zero-order valence-corrected chi connectivity index (χ0v) is 20.9.